The summed E-state index contributed by atoms with van der Waals surface area (Å²) in [5, 5.41) is 4.80. The molecule has 5 heteroatoms. The van der Waals surface area contributed by atoms with Crippen molar-refractivity contribution in [1.82, 2.24) is 9.78 Å². The molecule has 1 rings (SSSR count). The average molecular weight is 581 g/mol. The minimum atomic E-state index is 0.157. The molecule has 0 radical (unpaired) electrons. The second-order valence-corrected chi connectivity index (χ2v) is 8.91. The topological polar surface area (TPSA) is 17.8 Å². The van der Waals surface area contributed by atoms with Gasteiger partial charge < -0.3 is 0 Å². The molecule has 1 aromatic heterocycles. The number of hydrogen-bond donors (Lipinski definition) is 0. The first-order valence-electron chi connectivity index (χ1n) is 8.06. The fourth-order valence-corrected chi connectivity index (χ4v) is 4.90. The quantitative estimate of drug-likeness (QED) is 0.213. The molecule has 1 unspecified atom stereocenters. The van der Waals surface area contributed by atoms with Crippen molar-refractivity contribution in [3.63, 3.8) is 0 Å². The maximum absolute atomic E-state index is 4.80. The molecule has 0 aliphatic rings. The predicted octanol–water partition coefficient (Wildman–Crippen LogP) is 7.12. The highest BCUT2D eigenvalue weighted by Crippen LogP contribution is 2.35. The van der Waals surface area contributed by atoms with Gasteiger partial charge in [-0.1, -0.05) is 58.8 Å². The molecule has 0 N–H and O–H groups in total. The van der Waals surface area contributed by atoms with Crippen LogP contribution < -0.4 is 0 Å². The van der Waals surface area contributed by atoms with Crippen molar-refractivity contribution in [2.24, 2.45) is 0 Å². The van der Waals surface area contributed by atoms with Crippen LogP contribution in [0.5, 0.6) is 0 Å². The van der Waals surface area contributed by atoms with Gasteiger partial charge in [0.2, 0.25) is 0 Å². The highest BCUT2D eigenvalue weighted by Gasteiger charge is 2.30. The Morgan fingerprint density at radius 1 is 1.00 bits per heavy atom. The number of nitrogens with zero attached hydrogens (tertiary/aromatic N) is 2. The fraction of sp³-hybridized carbons (Fsp3) is 0.812. The normalized spacial score (nSPS) is 14.4. The number of halogens is 3. The van der Waals surface area contributed by atoms with Crippen LogP contribution in [-0.4, -0.2) is 9.78 Å². The van der Waals surface area contributed by atoms with Gasteiger partial charge in [0.25, 0.3) is 0 Å². The Labute approximate surface area is 165 Å². The van der Waals surface area contributed by atoms with Crippen LogP contribution in [0.4, 0.5) is 0 Å². The minimum absolute atomic E-state index is 0.157. The van der Waals surface area contributed by atoms with Gasteiger partial charge in [-0.3, -0.25) is 4.68 Å². The molecule has 0 spiro atoms. The third-order valence-corrected chi connectivity index (χ3v) is 8.12. The van der Waals surface area contributed by atoms with E-state index in [4.69, 9.17) is 5.10 Å². The first-order valence-corrected chi connectivity index (χ1v) is 11.0. The maximum atomic E-state index is 4.80. The van der Waals surface area contributed by atoms with Crippen molar-refractivity contribution in [3.05, 3.63) is 11.9 Å². The van der Waals surface area contributed by atoms with Crippen LogP contribution in [-0.2, 0) is 5.54 Å². The van der Waals surface area contributed by atoms with E-state index < -0.39 is 0 Å². The third kappa shape index (κ3) is 5.94. The zero-order valence-electron chi connectivity index (χ0n) is 13.4. The zero-order chi connectivity index (χ0) is 15.9. The summed E-state index contributed by atoms with van der Waals surface area (Å²) < 4.78 is 5.74. The predicted molar refractivity (Wildman–Crippen MR) is 112 cm³/mol. The Morgan fingerprint density at radius 2 is 1.57 bits per heavy atom. The molecule has 0 amide bonds. The molecule has 0 aromatic carbocycles. The molecule has 1 aromatic rings. The number of unbranched alkanes of at least 4 members (excludes halogenated alkanes) is 5. The standard InChI is InChI=1S/C16H27BrI2N2/c1-4-6-8-9-10-12-16(3,11-7-5-2)21-15(19)13(17)14(18)20-21/h4-12H2,1-3H3. The van der Waals surface area contributed by atoms with Gasteiger partial charge in [0.05, 0.1) is 10.0 Å². The summed E-state index contributed by atoms with van der Waals surface area (Å²) in [4.78, 5) is 0. The Hall–Kier alpha value is 1.15. The lowest BCUT2D eigenvalue weighted by Gasteiger charge is -2.31. The number of aromatic nitrogens is 2. The second-order valence-electron chi connectivity index (χ2n) is 6.07. The summed E-state index contributed by atoms with van der Waals surface area (Å²) in [5.41, 5.74) is 0.157. The fourth-order valence-electron chi connectivity index (χ4n) is 2.72. The van der Waals surface area contributed by atoms with Gasteiger partial charge in [-0.15, -0.1) is 0 Å². The molecule has 0 fully saturated rings. The number of rotatable bonds is 10. The highest BCUT2D eigenvalue weighted by atomic mass is 127. The van der Waals surface area contributed by atoms with Crippen LogP contribution in [0, 0.1) is 7.40 Å². The summed E-state index contributed by atoms with van der Waals surface area (Å²) in [6.45, 7) is 6.94. The van der Waals surface area contributed by atoms with Crippen LogP contribution >= 0.6 is 61.1 Å². The van der Waals surface area contributed by atoms with E-state index in [0.29, 0.717) is 0 Å². The SMILES string of the molecule is CCCCCCCC(C)(CCCC)n1nc(I)c(Br)c1I. The van der Waals surface area contributed by atoms with E-state index in [-0.39, 0.29) is 5.54 Å². The molecule has 0 aliphatic carbocycles. The molecular formula is C16H27BrI2N2. The Bertz CT molecular complexity index is 434. The summed E-state index contributed by atoms with van der Waals surface area (Å²) in [5.74, 6) is 0. The van der Waals surface area contributed by atoms with Crippen LogP contribution in [0.3, 0.4) is 0 Å². The molecule has 0 aliphatic heterocycles. The van der Waals surface area contributed by atoms with Gasteiger partial charge in [0.1, 0.15) is 7.40 Å². The zero-order valence-corrected chi connectivity index (χ0v) is 19.3. The van der Waals surface area contributed by atoms with Gasteiger partial charge >= 0.3 is 0 Å². The molecule has 0 saturated carbocycles. The highest BCUT2D eigenvalue weighted by molar-refractivity contribution is 14.1. The van der Waals surface area contributed by atoms with E-state index in [1.165, 1.54) is 61.5 Å². The molecule has 0 saturated heterocycles. The van der Waals surface area contributed by atoms with Crippen molar-refractivity contribution in [1.29, 1.82) is 0 Å². The van der Waals surface area contributed by atoms with Gasteiger partial charge in [-0.25, -0.2) is 0 Å². The first kappa shape index (κ1) is 20.2. The van der Waals surface area contributed by atoms with Crippen LogP contribution in [0.25, 0.3) is 0 Å². The lowest BCUT2D eigenvalue weighted by molar-refractivity contribution is 0.223. The van der Waals surface area contributed by atoms with Crippen LogP contribution in [0.15, 0.2) is 4.47 Å². The van der Waals surface area contributed by atoms with Gasteiger partial charge in [-0.2, -0.15) is 5.10 Å². The Balaban J connectivity index is 2.79. The monoisotopic (exact) mass is 580 g/mol. The molecule has 21 heavy (non-hydrogen) atoms. The van der Waals surface area contributed by atoms with Crippen LogP contribution in [0.2, 0.25) is 0 Å². The second kappa shape index (κ2) is 10.1. The van der Waals surface area contributed by atoms with Crippen molar-refractivity contribution in [3.8, 4) is 0 Å². The number of hydrogen-bond acceptors (Lipinski definition) is 1. The molecule has 2 nitrogen and oxygen atoms in total. The summed E-state index contributed by atoms with van der Waals surface area (Å²) in [7, 11) is 0. The van der Waals surface area contributed by atoms with Crippen molar-refractivity contribution >= 4 is 61.1 Å². The largest absolute Gasteiger partial charge is 0.251 e. The van der Waals surface area contributed by atoms with E-state index in [0.717, 1.165) is 8.17 Å². The molecule has 122 valence electrons. The van der Waals surface area contributed by atoms with Gasteiger partial charge in [-0.05, 0) is 80.9 Å². The van der Waals surface area contributed by atoms with Gasteiger partial charge in [0.15, 0.2) is 0 Å². The molecule has 0 bridgehead atoms. The van der Waals surface area contributed by atoms with Crippen LogP contribution in [0.1, 0.15) is 78.6 Å². The van der Waals surface area contributed by atoms with E-state index >= 15 is 0 Å². The summed E-state index contributed by atoms with van der Waals surface area (Å²) in [6.07, 6.45) is 11.7. The van der Waals surface area contributed by atoms with Crippen molar-refractivity contribution in [2.45, 2.75) is 84.1 Å². The summed E-state index contributed by atoms with van der Waals surface area (Å²) in [6, 6.07) is 0. The van der Waals surface area contributed by atoms with Crippen molar-refractivity contribution in [2.75, 3.05) is 0 Å². The third-order valence-electron chi connectivity index (χ3n) is 4.14. The molecular weight excluding hydrogens is 554 g/mol. The van der Waals surface area contributed by atoms with E-state index in [1.807, 2.05) is 0 Å². The van der Waals surface area contributed by atoms with Crippen molar-refractivity contribution < 1.29 is 0 Å². The lowest BCUT2D eigenvalue weighted by atomic mass is 9.89. The summed E-state index contributed by atoms with van der Waals surface area (Å²) >= 11 is 8.41. The average Bonchev–Trinajstić information content (AvgIpc) is 2.73. The Kier molecular flexibility index (Phi) is 9.72. The molecule has 1 atom stereocenters. The minimum Gasteiger partial charge on any atom is -0.251 e. The lowest BCUT2D eigenvalue weighted by Crippen LogP contribution is -2.32. The van der Waals surface area contributed by atoms with E-state index in [9.17, 15) is 0 Å². The molecule has 1 heterocycles. The smallest absolute Gasteiger partial charge is 0.138 e. The maximum Gasteiger partial charge on any atom is 0.138 e. The van der Waals surface area contributed by atoms with Gasteiger partial charge in [0, 0.05) is 0 Å². The van der Waals surface area contributed by atoms with E-state index in [2.05, 4.69) is 86.6 Å². The van der Waals surface area contributed by atoms with E-state index in [1.54, 1.807) is 0 Å². The first-order chi connectivity index (χ1) is 9.96. The Morgan fingerprint density at radius 3 is 2.10 bits per heavy atom.